The smallest absolute Gasteiger partial charge is 0.251 e. The zero-order chi connectivity index (χ0) is 19.9. The van der Waals surface area contributed by atoms with Gasteiger partial charge in [0, 0.05) is 23.1 Å². The van der Waals surface area contributed by atoms with Crippen LogP contribution in [-0.2, 0) is 11.2 Å². The molecule has 0 saturated heterocycles. The SMILES string of the molecule is COc1cccc(C(=O)NCC(=O)Nc2ncc(Cc3cccc(C)c3)s2)c1. The highest BCUT2D eigenvalue weighted by Crippen LogP contribution is 2.21. The number of anilines is 1. The summed E-state index contributed by atoms with van der Waals surface area (Å²) in [6.45, 7) is 1.92. The highest BCUT2D eigenvalue weighted by Gasteiger charge is 2.11. The second-order valence-electron chi connectivity index (χ2n) is 6.26. The van der Waals surface area contributed by atoms with Crippen LogP contribution in [0.25, 0.3) is 0 Å². The van der Waals surface area contributed by atoms with Gasteiger partial charge in [0.1, 0.15) is 5.75 Å². The predicted octanol–water partition coefficient (Wildman–Crippen LogP) is 3.42. The lowest BCUT2D eigenvalue weighted by Crippen LogP contribution is -2.32. The molecule has 2 N–H and O–H groups in total. The Hall–Kier alpha value is -3.19. The fourth-order valence-corrected chi connectivity index (χ4v) is 3.52. The van der Waals surface area contributed by atoms with Crippen molar-refractivity contribution in [1.82, 2.24) is 10.3 Å². The summed E-state index contributed by atoms with van der Waals surface area (Å²) in [5.41, 5.74) is 2.84. The lowest BCUT2D eigenvalue weighted by atomic mass is 10.1. The monoisotopic (exact) mass is 395 g/mol. The molecule has 0 radical (unpaired) electrons. The van der Waals surface area contributed by atoms with Crippen LogP contribution in [0.4, 0.5) is 5.13 Å². The van der Waals surface area contributed by atoms with Gasteiger partial charge in [-0.15, -0.1) is 11.3 Å². The summed E-state index contributed by atoms with van der Waals surface area (Å²) >= 11 is 1.43. The number of amides is 2. The first kappa shape index (κ1) is 19.6. The van der Waals surface area contributed by atoms with Gasteiger partial charge < -0.3 is 15.4 Å². The molecule has 0 aliphatic heterocycles. The highest BCUT2D eigenvalue weighted by atomic mass is 32.1. The maximum Gasteiger partial charge on any atom is 0.251 e. The molecule has 0 fully saturated rings. The first-order valence-electron chi connectivity index (χ1n) is 8.76. The molecule has 2 aromatic carbocycles. The van der Waals surface area contributed by atoms with Crippen molar-refractivity contribution in [3.05, 3.63) is 76.3 Å². The van der Waals surface area contributed by atoms with Crippen LogP contribution in [0.1, 0.15) is 26.4 Å². The number of thiazole rings is 1. The minimum atomic E-state index is -0.340. The minimum Gasteiger partial charge on any atom is -0.497 e. The van der Waals surface area contributed by atoms with E-state index in [1.54, 1.807) is 30.5 Å². The number of methoxy groups -OCH3 is 1. The van der Waals surface area contributed by atoms with Crippen LogP contribution in [0.3, 0.4) is 0 Å². The number of rotatable bonds is 7. The van der Waals surface area contributed by atoms with Crippen LogP contribution >= 0.6 is 11.3 Å². The number of aryl methyl sites for hydroxylation is 1. The second kappa shape index (κ2) is 9.14. The van der Waals surface area contributed by atoms with Gasteiger partial charge in [-0.2, -0.15) is 0 Å². The van der Waals surface area contributed by atoms with Crippen LogP contribution in [0.2, 0.25) is 0 Å². The predicted molar refractivity (Wildman–Crippen MR) is 110 cm³/mol. The summed E-state index contributed by atoms with van der Waals surface area (Å²) in [6.07, 6.45) is 2.53. The van der Waals surface area contributed by atoms with Crippen LogP contribution in [0.15, 0.2) is 54.7 Å². The molecule has 0 aliphatic carbocycles. The molecule has 0 saturated carbocycles. The number of carbonyl (C=O) groups is 2. The van der Waals surface area contributed by atoms with E-state index in [1.165, 1.54) is 29.6 Å². The molecule has 3 rings (SSSR count). The average Bonchev–Trinajstić information content (AvgIpc) is 3.12. The molecule has 0 spiro atoms. The van der Waals surface area contributed by atoms with E-state index in [0.717, 1.165) is 11.3 Å². The first-order valence-corrected chi connectivity index (χ1v) is 9.57. The summed E-state index contributed by atoms with van der Waals surface area (Å²) in [5.74, 6) is -0.0814. The Morgan fingerprint density at radius 1 is 1.14 bits per heavy atom. The average molecular weight is 395 g/mol. The van der Waals surface area contributed by atoms with Crippen LogP contribution in [-0.4, -0.2) is 30.5 Å². The third-order valence-corrected chi connectivity index (χ3v) is 4.91. The van der Waals surface area contributed by atoms with E-state index in [4.69, 9.17) is 4.74 Å². The molecule has 0 atom stereocenters. The Balaban J connectivity index is 1.51. The standard InChI is InChI=1S/C21H21N3O3S/c1-14-5-3-6-15(9-14)10-18-12-23-21(28-18)24-19(25)13-22-20(26)16-7-4-8-17(11-16)27-2/h3-9,11-12H,10,13H2,1-2H3,(H,22,26)(H,23,24,25). The van der Waals surface area contributed by atoms with Gasteiger partial charge in [-0.25, -0.2) is 4.98 Å². The van der Waals surface area contributed by atoms with Crippen molar-refractivity contribution in [2.24, 2.45) is 0 Å². The van der Waals surface area contributed by atoms with E-state index >= 15 is 0 Å². The van der Waals surface area contributed by atoms with Crippen molar-refractivity contribution >= 4 is 28.3 Å². The first-order chi connectivity index (χ1) is 13.5. The quantitative estimate of drug-likeness (QED) is 0.642. The van der Waals surface area contributed by atoms with Gasteiger partial charge in [0.15, 0.2) is 5.13 Å². The van der Waals surface area contributed by atoms with Gasteiger partial charge in [-0.05, 0) is 30.7 Å². The summed E-state index contributed by atoms with van der Waals surface area (Å²) in [5, 5.41) is 5.83. The molecule has 1 aromatic heterocycles. The maximum absolute atomic E-state index is 12.1. The van der Waals surface area contributed by atoms with Crippen molar-refractivity contribution in [3.63, 3.8) is 0 Å². The van der Waals surface area contributed by atoms with Crippen molar-refractivity contribution in [3.8, 4) is 5.75 Å². The summed E-state index contributed by atoms with van der Waals surface area (Å²) in [6, 6.07) is 15.0. The van der Waals surface area contributed by atoms with Crippen molar-refractivity contribution in [1.29, 1.82) is 0 Å². The molecule has 6 nitrogen and oxygen atoms in total. The molecule has 7 heteroatoms. The Morgan fingerprint density at radius 3 is 2.75 bits per heavy atom. The zero-order valence-electron chi connectivity index (χ0n) is 15.7. The molecule has 2 amide bonds. The molecular weight excluding hydrogens is 374 g/mol. The van der Waals surface area contributed by atoms with Gasteiger partial charge >= 0.3 is 0 Å². The van der Waals surface area contributed by atoms with E-state index in [-0.39, 0.29) is 18.4 Å². The van der Waals surface area contributed by atoms with Crippen LogP contribution in [0.5, 0.6) is 5.75 Å². The zero-order valence-corrected chi connectivity index (χ0v) is 16.5. The summed E-state index contributed by atoms with van der Waals surface area (Å²) < 4.78 is 5.09. The van der Waals surface area contributed by atoms with Crippen molar-refractivity contribution < 1.29 is 14.3 Å². The molecule has 0 unspecified atom stereocenters. The number of carbonyl (C=O) groups excluding carboxylic acids is 2. The minimum absolute atomic E-state index is 0.136. The lowest BCUT2D eigenvalue weighted by Gasteiger charge is -2.06. The largest absolute Gasteiger partial charge is 0.497 e. The fourth-order valence-electron chi connectivity index (χ4n) is 2.66. The number of nitrogens with zero attached hydrogens (tertiary/aromatic N) is 1. The van der Waals surface area contributed by atoms with E-state index in [9.17, 15) is 9.59 Å². The molecule has 0 bridgehead atoms. The Kier molecular flexibility index (Phi) is 6.39. The third kappa shape index (κ3) is 5.40. The Labute approximate surface area is 167 Å². The van der Waals surface area contributed by atoms with Gasteiger partial charge in [-0.3, -0.25) is 9.59 Å². The van der Waals surface area contributed by atoms with Gasteiger partial charge in [-0.1, -0.05) is 35.9 Å². The van der Waals surface area contributed by atoms with Crippen molar-refractivity contribution in [2.75, 3.05) is 19.0 Å². The Bertz CT molecular complexity index is 984. The third-order valence-electron chi connectivity index (χ3n) is 4.00. The molecular formula is C21H21N3O3S. The number of ether oxygens (including phenoxy) is 1. The second-order valence-corrected chi connectivity index (χ2v) is 7.38. The van der Waals surface area contributed by atoms with Crippen LogP contribution in [0, 0.1) is 6.92 Å². The van der Waals surface area contributed by atoms with E-state index in [1.807, 2.05) is 6.07 Å². The molecule has 144 valence electrons. The fraction of sp³-hybridized carbons (Fsp3) is 0.190. The van der Waals surface area contributed by atoms with Crippen molar-refractivity contribution in [2.45, 2.75) is 13.3 Å². The number of aromatic nitrogens is 1. The van der Waals surface area contributed by atoms with Crippen LogP contribution < -0.4 is 15.4 Å². The summed E-state index contributed by atoms with van der Waals surface area (Å²) in [7, 11) is 1.53. The lowest BCUT2D eigenvalue weighted by molar-refractivity contribution is -0.115. The van der Waals surface area contributed by atoms with E-state index in [2.05, 4.69) is 40.7 Å². The van der Waals surface area contributed by atoms with Gasteiger partial charge in [0.05, 0.1) is 13.7 Å². The van der Waals surface area contributed by atoms with E-state index in [0.29, 0.717) is 16.4 Å². The molecule has 0 aliphatic rings. The van der Waals surface area contributed by atoms with Gasteiger partial charge in [0.2, 0.25) is 5.91 Å². The summed E-state index contributed by atoms with van der Waals surface area (Å²) in [4.78, 5) is 29.5. The van der Waals surface area contributed by atoms with Gasteiger partial charge in [0.25, 0.3) is 5.91 Å². The topological polar surface area (TPSA) is 80.3 Å². The number of hydrogen-bond donors (Lipinski definition) is 2. The normalized spacial score (nSPS) is 10.4. The number of nitrogens with one attached hydrogen (secondary N) is 2. The molecule has 3 aromatic rings. The Morgan fingerprint density at radius 2 is 1.96 bits per heavy atom. The molecule has 28 heavy (non-hydrogen) atoms. The maximum atomic E-state index is 12.1. The number of hydrogen-bond acceptors (Lipinski definition) is 5. The molecule has 1 heterocycles. The highest BCUT2D eigenvalue weighted by molar-refractivity contribution is 7.15. The van der Waals surface area contributed by atoms with E-state index < -0.39 is 0 Å². The number of benzene rings is 2.